The highest BCUT2D eigenvalue weighted by Gasteiger charge is 2.26. The van der Waals surface area contributed by atoms with Gasteiger partial charge in [0, 0.05) is 32.2 Å². The number of piperidine rings is 2. The molecule has 0 spiro atoms. The summed E-state index contributed by atoms with van der Waals surface area (Å²) < 4.78 is 27.6. The summed E-state index contributed by atoms with van der Waals surface area (Å²) in [7, 11) is -3.46. The number of carbonyl (C=O) groups excluding carboxylic acids is 1. The number of carbonyl (C=O) groups is 1. The second-order valence-corrected chi connectivity index (χ2v) is 8.64. The van der Waals surface area contributed by atoms with Crippen molar-refractivity contribution in [2.75, 3.05) is 32.7 Å². The average Bonchev–Trinajstić information content (AvgIpc) is 2.64. The Balaban J connectivity index is 1.46. The zero-order valence-corrected chi connectivity index (χ0v) is 15.4. The van der Waals surface area contributed by atoms with Crippen molar-refractivity contribution in [1.82, 2.24) is 14.5 Å². The molecule has 0 atom stereocenters. The summed E-state index contributed by atoms with van der Waals surface area (Å²) in [6.45, 7) is 3.72. The van der Waals surface area contributed by atoms with E-state index in [0.717, 1.165) is 51.9 Å². The fourth-order valence-corrected chi connectivity index (χ4v) is 4.86. The van der Waals surface area contributed by atoms with Gasteiger partial charge < -0.3 is 4.90 Å². The Morgan fingerprint density at radius 3 is 2.28 bits per heavy atom. The second kappa shape index (κ2) is 8.29. The molecule has 0 aliphatic carbocycles. The molecule has 2 fully saturated rings. The van der Waals surface area contributed by atoms with Crippen LogP contribution in [0.3, 0.4) is 0 Å². The number of sulfonamides is 1. The molecule has 1 amide bonds. The normalized spacial score (nSPS) is 20.6. The Labute approximate surface area is 150 Å². The molecule has 1 aromatic carbocycles. The lowest BCUT2D eigenvalue weighted by atomic mass is 10.1. The molecule has 3 rings (SSSR count). The van der Waals surface area contributed by atoms with Crippen molar-refractivity contribution in [2.24, 2.45) is 0 Å². The molecule has 1 N–H and O–H groups in total. The van der Waals surface area contributed by atoms with Crippen LogP contribution in [0.5, 0.6) is 0 Å². The predicted molar refractivity (Wildman–Crippen MR) is 96.7 cm³/mol. The van der Waals surface area contributed by atoms with E-state index in [2.05, 4.69) is 9.62 Å². The largest absolute Gasteiger partial charge is 0.342 e. The maximum atomic E-state index is 12.4. The molecule has 2 saturated heterocycles. The summed E-state index contributed by atoms with van der Waals surface area (Å²) in [6, 6.07) is 8.40. The quantitative estimate of drug-likeness (QED) is 0.857. The van der Waals surface area contributed by atoms with Crippen LogP contribution < -0.4 is 4.72 Å². The van der Waals surface area contributed by atoms with E-state index >= 15 is 0 Å². The van der Waals surface area contributed by atoms with E-state index < -0.39 is 10.0 Å². The molecule has 25 heavy (non-hydrogen) atoms. The second-order valence-electron chi connectivity index (χ2n) is 6.93. The van der Waals surface area contributed by atoms with Crippen LogP contribution in [0.2, 0.25) is 0 Å². The molecule has 0 radical (unpaired) electrons. The van der Waals surface area contributed by atoms with Gasteiger partial charge in [0.1, 0.15) is 0 Å². The minimum absolute atomic E-state index is 0.0634. The Bertz CT molecular complexity index is 664. The van der Waals surface area contributed by atoms with Crippen LogP contribution in [0.15, 0.2) is 35.2 Å². The Morgan fingerprint density at radius 2 is 1.64 bits per heavy atom. The number of rotatable bonds is 5. The maximum Gasteiger partial charge on any atom is 0.240 e. The minimum Gasteiger partial charge on any atom is -0.342 e. The number of nitrogens with one attached hydrogen (secondary N) is 1. The Hall–Kier alpha value is -1.44. The third kappa shape index (κ3) is 5.03. The summed E-state index contributed by atoms with van der Waals surface area (Å²) in [6.07, 6.45) is 4.90. The SMILES string of the molecule is O=C(CN1CCC(NS(=O)(=O)c2ccccc2)CC1)N1CCCCC1. The van der Waals surface area contributed by atoms with Gasteiger partial charge in [-0.2, -0.15) is 0 Å². The topological polar surface area (TPSA) is 69.7 Å². The van der Waals surface area contributed by atoms with Crippen LogP contribution in [-0.4, -0.2) is 62.9 Å². The maximum absolute atomic E-state index is 12.4. The molecule has 0 unspecified atom stereocenters. The van der Waals surface area contributed by atoms with Gasteiger partial charge in [-0.3, -0.25) is 9.69 Å². The van der Waals surface area contributed by atoms with Gasteiger partial charge in [-0.25, -0.2) is 13.1 Å². The third-order valence-corrected chi connectivity index (χ3v) is 6.57. The van der Waals surface area contributed by atoms with Crippen molar-refractivity contribution in [3.63, 3.8) is 0 Å². The summed E-state index contributed by atoms with van der Waals surface area (Å²) in [4.78, 5) is 16.7. The lowest BCUT2D eigenvalue weighted by molar-refractivity contribution is -0.133. The van der Waals surface area contributed by atoms with Crippen LogP contribution in [0.1, 0.15) is 32.1 Å². The van der Waals surface area contributed by atoms with Gasteiger partial charge in [0.05, 0.1) is 11.4 Å². The fraction of sp³-hybridized carbons (Fsp3) is 0.611. The highest BCUT2D eigenvalue weighted by atomic mass is 32.2. The van der Waals surface area contributed by atoms with Gasteiger partial charge in [-0.15, -0.1) is 0 Å². The number of benzene rings is 1. The lowest BCUT2D eigenvalue weighted by Crippen LogP contribution is -2.48. The van der Waals surface area contributed by atoms with E-state index in [0.29, 0.717) is 11.4 Å². The van der Waals surface area contributed by atoms with Crippen molar-refractivity contribution in [1.29, 1.82) is 0 Å². The number of amides is 1. The molecule has 138 valence electrons. The highest BCUT2D eigenvalue weighted by Crippen LogP contribution is 2.16. The third-order valence-electron chi connectivity index (χ3n) is 5.03. The van der Waals surface area contributed by atoms with Crippen LogP contribution in [0.4, 0.5) is 0 Å². The molecule has 6 nitrogen and oxygen atoms in total. The average molecular weight is 365 g/mol. The summed E-state index contributed by atoms with van der Waals surface area (Å²) >= 11 is 0. The summed E-state index contributed by atoms with van der Waals surface area (Å²) in [5.74, 6) is 0.211. The zero-order valence-electron chi connectivity index (χ0n) is 14.6. The van der Waals surface area contributed by atoms with Crippen molar-refractivity contribution >= 4 is 15.9 Å². The van der Waals surface area contributed by atoms with Gasteiger partial charge in [0.15, 0.2) is 0 Å². The van der Waals surface area contributed by atoms with Crippen LogP contribution in [0.25, 0.3) is 0 Å². The molecule has 0 aromatic heterocycles. The molecule has 0 bridgehead atoms. The van der Waals surface area contributed by atoms with E-state index in [-0.39, 0.29) is 11.9 Å². The molecule has 2 aliphatic heterocycles. The van der Waals surface area contributed by atoms with Gasteiger partial charge >= 0.3 is 0 Å². The van der Waals surface area contributed by atoms with E-state index in [4.69, 9.17) is 0 Å². The first kappa shape index (κ1) is 18.4. The van der Waals surface area contributed by atoms with Gasteiger partial charge in [-0.1, -0.05) is 18.2 Å². The minimum atomic E-state index is -3.46. The van der Waals surface area contributed by atoms with Crippen molar-refractivity contribution in [3.8, 4) is 0 Å². The molecule has 2 aliphatic rings. The van der Waals surface area contributed by atoms with Crippen molar-refractivity contribution in [2.45, 2.75) is 43.0 Å². The van der Waals surface area contributed by atoms with Crippen molar-refractivity contribution in [3.05, 3.63) is 30.3 Å². The van der Waals surface area contributed by atoms with Gasteiger partial charge in [0.25, 0.3) is 0 Å². The number of hydrogen-bond donors (Lipinski definition) is 1. The van der Waals surface area contributed by atoms with E-state index in [1.54, 1.807) is 30.3 Å². The molecule has 7 heteroatoms. The molecule has 0 saturated carbocycles. The molecule has 2 heterocycles. The number of hydrogen-bond acceptors (Lipinski definition) is 4. The first-order valence-electron chi connectivity index (χ1n) is 9.12. The van der Waals surface area contributed by atoms with Crippen LogP contribution >= 0.6 is 0 Å². The van der Waals surface area contributed by atoms with E-state index in [9.17, 15) is 13.2 Å². The number of nitrogens with zero attached hydrogens (tertiary/aromatic N) is 2. The molecule has 1 aromatic rings. The predicted octanol–water partition coefficient (Wildman–Crippen LogP) is 1.44. The van der Waals surface area contributed by atoms with Crippen LogP contribution in [-0.2, 0) is 14.8 Å². The Kier molecular flexibility index (Phi) is 6.09. The fourth-order valence-electron chi connectivity index (χ4n) is 3.53. The summed E-state index contributed by atoms with van der Waals surface area (Å²) in [5.41, 5.74) is 0. The van der Waals surface area contributed by atoms with Crippen LogP contribution in [0, 0.1) is 0 Å². The molecular formula is C18H27N3O3S. The van der Waals surface area contributed by atoms with Gasteiger partial charge in [0.2, 0.25) is 15.9 Å². The first-order valence-corrected chi connectivity index (χ1v) is 10.6. The van der Waals surface area contributed by atoms with E-state index in [1.807, 2.05) is 4.90 Å². The smallest absolute Gasteiger partial charge is 0.240 e. The number of likely N-dealkylation sites (tertiary alicyclic amines) is 2. The first-order chi connectivity index (χ1) is 12.0. The van der Waals surface area contributed by atoms with Gasteiger partial charge in [-0.05, 0) is 44.2 Å². The highest BCUT2D eigenvalue weighted by molar-refractivity contribution is 7.89. The van der Waals surface area contributed by atoms with Crippen molar-refractivity contribution < 1.29 is 13.2 Å². The zero-order chi connectivity index (χ0) is 17.7. The standard InChI is InChI=1S/C18H27N3O3S/c22-18(21-11-5-2-6-12-21)15-20-13-9-16(10-14-20)19-25(23,24)17-7-3-1-4-8-17/h1,3-4,7-8,16,19H,2,5-6,9-15H2. The lowest BCUT2D eigenvalue weighted by Gasteiger charge is -2.34. The Morgan fingerprint density at radius 1 is 1.00 bits per heavy atom. The van der Waals surface area contributed by atoms with E-state index in [1.165, 1.54) is 6.42 Å². The summed E-state index contributed by atoms with van der Waals surface area (Å²) in [5, 5.41) is 0. The monoisotopic (exact) mass is 365 g/mol. The molecular weight excluding hydrogens is 338 g/mol.